The average Bonchev–Trinajstić information content (AvgIpc) is 3.06. The van der Waals surface area contributed by atoms with Crippen molar-refractivity contribution in [2.45, 2.75) is 12.7 Å². The van der Waals surface area contributed by atoms with Crippen LogP contribution in [0.2, 0.25) is 0 Å². The first-order valence-corrected chi connectivity index (χ1v) is 7.99. The molecular weight excluding hydrogens is 377 g/mol. The lowest BCUT2D eigenvalue weighted by molar-refractivity contribution is -0.389. The number of halogens is 3. The SMILES string of the molecule is O=C(Nc1ccccc1C(F)(F)F)c1cc([N+](=O)[O-])nn1Cc1ccccc1. The third-order valence-corrected chi connectivity index (χ3v) is 3.84. The Labute approximate surface area is 156 Å². The fraction of sp³-hybridized carbons (Fsp3) is 0.111. The molecule has 0 aliphatic heterocycles. The topological polar surface area (TPSA) is 90.1 Å². The van der Waals surface area contributed by atoms with Gasteiger partial charge in [-0.05, 0) is 22.6 Å². The molecule has 0 radical (unpaired) electrons. The number of benzene rings is 2. The Morgan fingerprint density at radius 2 is 1.75 bits per heavy atom. The standard InChI is InChI=1S/C18H13F3N4O3/c19-18(20,21)13-8-4-5-9-14(13)22-17(26)15-10-16(25(27)28)23-24(15)11-12-6-2-1-3-7-12/h1-10H,11H2,(H,22,26). The van der Waals surface area contributed by atoms with Crippen molar-refractivity contribution in [2.75, 3.05) is 5.32 Å². The number of hydrogen-bond acceptors (Lipinski definition) is 4. The lowest BCUT2D eigenvalue weighted by atomic mass is 10.1. The monoisotopic (exact) mass is 390 g/mol. The van der Waals surface area contributed by atoms with Crippen LogP contribution >= 0.6 is 0 Å². The number of nitrogens with zero attached hydrogens (tertiary/aromatic N) is 3. The Bertz CT molecular complexity index is 1020. The summed E-state index contributed by atoms with van der Waals surface area (Å²) in [4.78, 5) is 22.8. The maximum atomic E-state index is 13.1. The van der Waals surface area contributed by atoms with E-state index in [1.54, 1.807) is 30.3 Å². The van der Waals surface area contributed by atoms with Gasteiger partial charge in [-0.25, -0.2) is 0 Å². The number of rotatable bonds is 5. The van der Waals surface area contributed by atoms with Crippen molar-refractivity contribution in [1.82, 2.24) is 9.78 Å². The summed E-state index contributed by atoms with van der Waals surface area (Å²) < 4.78 is 40.4. The zero-order chi connectivity index (χ0) is 20.3. The van der Waals surface area contributed by atoms with Crippen molar-refractivity contribution >= 4 is 17.4 Å². The molecule has 1 aromatic heterocycles. The number of nitrogens with one attached hydrogen (secondary N) is 1. The summed E-state index contributed by atoms with van der Waals surface area (Å²) in [6.07, 6.45) is -4.67. The predicted octanol–water partition coefficient (Wildman–Crippen LogP) is 4.11. The Morgan fingerprint density at radius 1 is 1.11 bits per heavy atom. The smallest absolute Gasteiger partial charge is 0.358 e. The number of anilines is 1. The number of carbonyl (C=O) groups excluding carboxylic acids is 1. The van der Waals surface area contributed by atoms with Gasteiger partial charge in [-0.3, -0.25) is 4.79 Å². The predicted molar refractivity (Wildman–Crippen MR) is 93.8 cm³/mol. The summed E-state index contributed by atoms with van der Waals surface area (Å²) in [6, 6.07) is 14.1. The van der Waals surface area contributed by atoms with Crippen LogP contribution < -0.4 is 5.32 Å². The van der Waals surface area contributed by atoms with Crippen molar-refractivity contribution in [3.63, 3.8) is 0 Å². The van der Waals surface area contributed by atoms with Gasteiger partial charge in [0.25, 0.3) is 5.91 Å². The Balaban J connectivity index is 1.95. The lowest BCUT2D eigenvalue weighted by Crippen LogP contribution is -2.20. The normalized spacial score (nSPS) is 11.2. The molecule has 10 heteroatoms. The van der Waals surface area contributed by atoms with Gasteiger partial charge in [0.05, 0.1) is 29.0 Å². The molecule has 1 N–H and O–H groups in total. The average molecular weight is 390 g/mol. The molecule has 3 rings (SSSR count). The highest BCUT2D eigenvalue weighted by Crippen LogP contribution is 2.34. The van der Waals surface area contributed by atoms with Gasteiger partial charge < -0.3 is 15.4 Å². The van der Waals surface area contributed by atoms with Crippen LogP contribution in [0.15, 0.2) is 60.7 Å². The van der Waals surface area contributed by atoms with Crippen LogP contribution in [0.1, 0.15) is 21.6 Å². The van der Waals surface area contributed by atoms with Crippen LogP contribution in [-0.2, 0) is 12.7 Å². The minimum atomic E-state index is -4.67. The molecule has 1 heterocycles. The van der Waals surface area contributed by atoms with Gasteiger partial charge in [-0.2, -0.15) is 17.9 Å². The van der Waals surface area contributed by atoms with Crippen LogP contribution in [0.3, 0.4) is 0 Å². The van der Waals surface area contributed by atoms with E-state index in [1.807, 2.05) is 0 Å². The zero-order valence-electron chi connectivity index (χ0n) is 14.2. The van der Waals surface area contributed by atoms with E-state index >= 15 is 0 Å². The van der Waals surface area contributed by atoms with E-state index in [0.717, 1.165) is 22.9 Å². The number of hydrogen-bond donors (Lipinski definition) is 1. The highest BCUT2D eigenvalue weighted by atomic mass is 19.4. The fourth-order valence-electron chi connectivity index (χ4n) is 2.58. The number of carbonyl (C=O) groups is 1. The van der Waals surface area contributed by atoms with Gasteiger partial charge in [0.1, 0.15) is 0 Å². The molecule has 0 saturated carbocycles. The van der Waals surface area contributed by atoms with Gasteiger partial charge in [0.2, 0.25) is 0 Å². The molecule has 0 aliphatic carbocycles. The molecule has 0 unspecified atom stereocenters. The second kappa shape index (κ2) is 7.51. The molecular formula is C18H13F3N4O3. The van der Waals surface area contributed by atoms with Crippen LogP contribution in [0.4, 0.5) is 24.7 Å². The quantitative estimate of drug-likeness (QED) is 0.524. The van der Waals surface area contributed by atoms with Gasteiger partial charge in [0, 0.05) is 0 Å². The van der Waals surface area contributed by atoms with E-state index in [-0.39, 0.29) is 12.2 Å². The van der Waals surface area contributed by atoms with E-state index in [9.17, 15) is 28.1 Å². The highest BCUT2D eigenvalue weighted by Gasteiger charge is 2.34. The molecule has 28 heavy (non-hydrogen) atoms. The van der Waals surface area contributed by atoms with E-state index in [2.05, 4.69) is 10.4 Å². The van der Waals surface area contributed by atoms with Crippen LogP contribution in [0.25, 0.3) is 0 Å². The molecule has 0 atom stereocenters. The maximum absolute atomic E-state index is 13.1. The Morgan fingerprint density at radius 3 is 2.39 bits per heavy atom. The Hall–Kier alpha value is -3.69. The number of aromatic nitrogens is 2. The minimum Gasteiger partial charge on any atom is -0.358 e. The van der Waals surface area contributed by atoms with Crippen molar-refractivity contribution in [1.29, 1.82) is 0 Å². The van der Waals surface area contributed by atoms with Crippen molar-refractivity contribution < 1.29 is 22.9 Å². The minimum absolute atomic E-state index is 0.0400. The number of amides is 1. The van der Waals surface area contributed by atoms with Gasteiger partial charge >= 0.3 is 12.0 Å². The second-order valence-corrected chi connectivity index (χ2v) is 5.79. The zero-order valence-corrected chi connectivity index (χ0v) is 14.2. The summed E-state index contributed by atoms with van der Waals surface area (Å²) in [5.41, 5.74) is -0.986. The summed E-state index contributed by atoms with van der Waals surface area (Å²) in [7, 11) is 0. The first-order chi connectivity index (χ1) is 13.3. The number of para-hydroxylation sites is 1. The molecule has 0 fully saturated rings. The molecule has 3 aromatic rings. The van der Waals surface area contributed by atoms with Crippen molar-refractivity contribution in [3.05, 3.63) is 87.6 Å². The molecule has 144 valence electrons. The first-order valence-electron chi connectivity index (χ1n) is 7.99. The number of alkyl halides is 3. The van der Waals surface area contributed by atoms with E-state index in [0.29, 0.717) is 5.56 Å². The van der Waals surface area contributed by atoms with Crippen LogP contribution in [0.5, 0.6) is 0 Å². The third-order valence-electron chi connectivity index (χ3n) is 3.84. The van der Waals surface area contributed by atoms with E-state index in [4.69, 9.17) is 0 Å². The van der Waals surface area contributed by atoms with Gasteiger partial charge in [-0.15, -0.1) is 0 Å². The summed E-state index contributed by atoms with van der Waals surface area (Å²) >= 11 is 0. The van der Waals surface area contributed by atoms with Gasteiger partial charge in [0.15, 0.2) is 5.69 Å². The summed E-state index contributed by atoms with van der Waals surface area (Å²) in [5.74, 6) is -1.52. The summed E-state index contributed by atoms with van der Waals surface area (Å²) in [6.45, 7) is 0.0400. The van der Waals surface area contributed by atoms with Gasteiger partial charge in [-0.1, -0.05) is 42.5 Å². The molecule has 0 saturated heterocycles. The maximum Gasteiger partial charge on any atom is 0.418 e. The molecule has 2 aromatic carbocycles. The lowest BCUT2D eigenvalue weighted by Gasteiger charge is -2.13. The molecule has 7 nitrogen and oxygen atoms in total. The first kappa shape index (κ1) is 19.1. The fourth-order valence-corrected chi connectivity index (χ4v) is 2.58. The molecule has 0 aliphatic rings. The Kier molecular flexibility index (Phi) is 5.12. The molecule has 0 spiro atoms. The highest BCUT2D eigenvalue weighted by molar-refractivity contribution is 6.03. The largest absolute Gasteiger partial charge is 0.418 e. The van der Waals surface area contributed by atoms with Crippen LogP contribution in [-0.4, -0.2) is 20.6 Å². The van der Waals surface area contributed by atoms with E-state index < -0.39 is 34.1 Å². The second-order valence-electron chi connectivity index (χ2n) is 5.79. The molecule has 1 amide bonds. The van der Waals surface area contributed by atoms with Crippen molar-refractivity contribution in [2.24, 2.45) is 0 Å². The summed E-state index contributed by atoms with van der Waals surface area (Å²) in [5, 5.41) is 17.0. The third kappa shape index (κ3) is 4.17. The van der Waals surface area contributed by atoms with Crippen molar-refractivity contribution in [3.8, 4) is 0 Å². The number of nitro groups is 1. The van der Waals surface area contributed by atoms with Crippen LogP contribution in [0, 0.1) is 10.1 Å². The molecule has 0 bridgehead atoms. The van der Waals surface area contributed by atoms with E-state index in [1.165, 1.54) is 12.1 Å².